The topological polar surface area (TPSA) is 53.4 Å². The molecule has 0 bridgehead atoms. The van der Waals surface area contributed by atoms with Gasteiger partial charge in [0.05, 0.1) is 11.9 Å². The summed E-state index contributed by atoms with van der Waals surface area (Å²) in [5.74, 6) is -0.167. The maximum absolute atomic E-state index is 12.4. The minimum absolute atomic E-state index is 0.167. The number of carbonyl (C=O) groups is 1. The molecule has 0 spiro atoms. The van der Waals surface area contributed by atoms with E-state index in [1.165, 1.54) is 17.3 Å². The third-order valence-electron chi connectivity index (χ3n) is 6.17. The van der Waals surface area contributed by atoms with Crippen molar-refractivity contribution in [1.29, 1.82) is 0 Å². The van der Waals surface area contributed by atoms with Gasteiger partial charge in [-0.1, -0.05) is 48.5 Å². The number of hydrogen-bond donors (Lipinski definition) is 1. The summed E-state index contributed by atoms with van der Waals surface area (Å²) < 4.78 is 1.79. The second-order valence-corrected chi connectivity index (χ2v) is 8.67. The molecule has 1 amide bonds. The molecule has 176 valence electrons. The Kier molecular flexibility index (Phi) is 7.01. The molecule has 1 fully saturated rings. The predicted octanol–water partition coefficient (Wildman–Crippen LogP) is 4.85. The SMILES string of the molecule is O=C(/C=C/c1cnn(-c2ccccc2)c1)Nc1ccc(N2CCN(Cc3ccccc3)CC2)cc1. The Balaban J connectivity index is 1.11. The van der Waals surface area contributed by atoms with Crippen LogP contribution in [0.1, 0.15) is 11.1 Å². The fourth-order valence-electron chi connectivity index (χ4n) is 4.26. The van der Waals surface area contributed by atoms with E-state index >= 15 is 0 Å². The van der Waals surface area contributed by atoms with Crippen molar-refractivity contribution in [2.24, 2.45) is 0 Å². The van der Waals surface area contributed by atoms with Crippen LogP contribution in [0.15, 0.2) is 103 Å². The van der Waals surface area contributed by atoms with Gasteiger partial charge in [0.2, 0.25) is 5.91 Å². The molecule has 1 N–H and O–H groups in total. The van der Waals surface area contributed by atoms with E-state index in [9.17, 15) is 4.79 Å². The second-order valence-electron chi connectivity index (χ2n) is 8.67. The van der Waals surface area contributed by atoms with E-state index in [-0.39, 0.29) is 5.91 Å². The van der Waals surface area contributed by atoms with Crippen LogP contribution in [0.25, 0.3) is 11.8 Å². The highest BCUT2D eigenvalue weighted by Crippen LogP contribution is 2.20. The van der Waals surface area contributed by atoms with Gasteiger partial charge in [-0.05, 0) is 48.0 Å². The number of nitrogens with zero attached hydrogens (tertiary/aromatic N) is 4. The lowest BCUT2D eigenvalue weighted by Crippen LogP contribution is -2.45. The van der Waals surface area contributed by atoms with E-state index < -0.39 is 0 Å². The molecule has 1 aromatic heterocycles. The van der Waals surface area contributed by atoms with Crippen LogP contribution >= 0.6 is 0 Å². The Hall–Kier alpha value is -4.16. The number of piperazine rings is 1. The summed E-state index contributed by atoms with van der Waals surface area (Å²) in [5.41, 5.74) is 5.18. The smallest absolute Gasteiger partial charge is 0.248 e. The van der Waals surface area contributed by atoms with Gasteiger partial charge >= 0.3 is 0 Å². The molecule has 1 aliphatic heterocycles. The van der Waals surface area contributed by atoms with Crippen molar-refractivity contribution in [3.63, 3.8) is 0 Å². The number of amides is 1. The van der Waals surface area contributed by atoms with Crippen LogP contribution < -0.4 is 10.2 Å². The molecule has 6 nitrogen and oxygen atoms in total. The second kappa shape index (κ2) is 10.8. The number of nitrogens with one attached hydrogen (secondary N) is 1. The largest absolute Gasteiger partial charge is 0.369 e. The van der Waals surface area contributed by atoms with Crippen molar-refractivity contribution in [3.8, 4) is 5.69 Å². The Labute approximate surface area is 206 Å². The first kappa shape index (κ1) is 22.6. The molecule has 0 unspecified atom stereocenters. The van der Waals surface area contributed by atoms with E-state index in [2.05, 4.69) is 62.7 Å². The average Bonchev–Trinajstić information content (AvgIpc) is 3.39. The molecule has 2 heterocycles. The van der Waals surface area contributed by atoms with Crippen LogP contribution in [0, 0.1) is 0 Å². The lowest BCUT2D eigenvalue weighted by atomic mass is 10.2. The summed E-state index contributed by atoms with van der Waals surface area (Å²) in [6, 6.07) is 28.6. The number of hydrogen-bond acceptors (Lipinski definition) is 4. The lowest BCUT2D eigenvalue weighted by Gasteiger charge is -2.36. The number of carbonyl (C=O) groups excluding carboxylic acids is 1. The fourth-order valence-corrected chi connectivity index (χ4v) is 4.26. The van der Waals surface area contributed by atoms with Crippen molar-refractivity contribution >= 4 is 23.4 Å². The Morgan fingerprint density at radius 3 is 2.23 bits per heavy atom. The van der Waals surface area contributed by atoms with E-state index in [0.29, 0.717) is 0 Å². The fraction of sp³-hybridized carbons (Fsp3) is 0.172. The monoisotopic (exact) mass is 463 g/mol. The van der Waals surface area contributed by atoms with Crippen molar-refractivity contribution in [1.82, 2.24) is 14.7 Å². The van der Waals surface area contributed by atoms with Crippen molar-refractivity contribution in [2.45, 2.75) is 6.54 Å². The maximum Gasteiger partial charge on any atom is 0.248 e. The summed E-state index contributed by atoms with van der Waals surface area (Å²) in [6.45, 7) is 5.08. The number of benzene rings is 3. The van der Waals surface area contributed by atoms with Crippen LogP contribution in [0.3, 0.4) is 0 Å². The van der Waals surface area contributed by atoms with E-state index in [0.717, 1.165) is 49.7 Å². The van der Waals surface area contributed by atoms with Crippen LogP contribution in [-0.2, 0) is 11.3 Å². The summed E-state index contributed by atoms with van der Waals surface area (Å²) in [6.07, 6.45) is 6.94. The first-order valence-electron chi connectivity index (χ1n) is 11.9. The van der Waals surface area contributed by atoms with E-state index in [1.54, 1.807) is 17.0 Å². The normalized spacial score (nSPS) is 14.3. The van der Waals surface area contributed by atoms with Gasteiger partial charge in [-0.2, -0.15) is 5.10 Å². The highest BCUT2D eigenvalue weighted by Gasteiger charge is 2.17. The number of para-hydroxylation sites is 1. The molecule has 0 aliphatic carbocycles. The zero-order chi connectivity index (χ0) is 23.9. The molecule has 0 saturated carbocycles. The maximum atomic E-state index is 12.4. The van der Waals surface area contributed by atoms with Gasteiger partial charge < -0.3 is 10.2 Å². The molecule has 35 heavy (non-hydrogen) atoms. The number of anilines is 2. The summed E-state index contributed by atoms with van der Waals surface area (Å²) in [4.78, 5) is 17.3. The van der Waals surface area contributed by atoms with Gasteiger partial charge in [0.1, 0.15) is 0 Å². The van der Waals surface area contributed by atoms with Crippen molar-refractivity contribution in [2.75, 3.05) is 36.4 Å². The highest BCUT2D eigenvalue weighted by molar-refractivity contribution is 6.01. The summed E-state index contributed by atoms with van der Waals surface area (Å²) in [7, 11) is 0. The minimum Gasteiger partial charge on any atom is -0.369 e. The first-order chi connectivity index (χ1) is 17.2. The van der Waals surface area contributed by atoms with Gasteiger partial charge in [-0.25, -0.2) is 4.68 Å². The molecular weight excluding hydrogens is 434 g/mol. The van der Waals surface area contributed by atoms with Crippen LogP contribution in [0.2, 0.25) is 0 Å². The standard InChI is InChI=1S/C29H29N5O/c35-29(16-11-25-21-30-34(23-25)28-9-5-2-6-10-28)31-26-12-14-27(15-13-26)33-19-17-32(18-20-33)22-24-7-3-1-4-8-24/h1-16,21,23H,17-20,22H2,(H,31,35)/b16-11+. The van der Waals surface area contributed by atoms with Gasteiger partial charge in [0.15, 0.2) is 0 Å². The number of rotatable bonds is 7. The average molecular weight is 464 g/mol. The van der Waals surface area contributed by atoms with E-state index in [1.807, 2.05) is 48.7 Å². The molecular formula is C29H29N5O. The molecule has 0 atom stereocenters. The van der Waals surface area contributed by atoms with Crippen LogP contribution in [0.4, 0.5) is 11.4 Å². The quantitative estimate of drug-likeness (QED) is 0.398. The van der Waals surface area contributed by atoms with Gasteiger partial charge in [-0.3, -0.25) is 9.69 Å². The summed E-state index contributed by atoms with van der Waals surface area (Å²) >= 11 is 0. The predicted molar refractivity (Wildman–Crippen MR) is 142 cm³/mol. The lowest BCUT2D eigenvalue weighted by molar-refractivity contribution is -0.111. The third-order valence-corrected chi connectivity index (χ3v) is 6.17. The van der Waals surface area contributed by atoms with E-state index in [4.69, 9.17) is 0 Å². The molecule has 3 aromatic carbocycles. The molecule has 5 rings (SSSR count). The zero-order valence-corrected chi connectivity index (χ0v) is 19.6. The summed E-state index contributed by atoms with van der Waals surface area (Å²) in [5, 5.41) is 7.29. The Bertz CT molecular complexity index is 1260. The van der Waals surface area contributed by atoms with Gasteiger partial charge in [-0.15, -0.1) is 0 Å². The molecule has 1 aliphatic rings. The third kappa shape index (κ3) is 6.05. The van der Waals surface area contributed by atoms with Crippen molar-refractivity contribution in [3.05, 3.63) is 115 Å². The van der Waals surface area contributed by atoms with Crippen LogP contribution in [-0.4, -0.2) is 46.8 Å². The zero-order valence-electron chi connectivity index (χ0n) is 19.6. The molecule has 0 radical (unpaired) electrons. The Morgan fingerprint density at radius 1 is 0.829 bits per heavy atom. The van der Waals surface area contributed by atoms with Crippen molar-refractivity contribution < 1.29 is 4.79 Å². The van der Waals surface area contributed by atoms with Crippen LogP contribution in [0.5, 0.6) is 0 Å². The minimum atomic E-state index is -0.167. The van der Waals surface area contributed by atoms with Gasteiger partial charge in [0.25, 0.3) is 0 Å². The van der Waals surface area contributed by atoms with Gasteiger partial charge in [0, 0.05) is 61.9 Å². The number of aromatic nitrogens is 2. The first-order valence-corrected chi connectivity index (χ1v) is 11.9. The highest BCUT2D eigenvalue weighted by atomic mass is 16.1. The Morgan fingerprint density at radius 2 is 1.51 bits per heavy atom. The molecule has 6 heteroatoms. The molecule has 1 saturated heterocycles. The molecule has 4 aromatic rings.